The van der Waals surface area contributed by atoms with Crippen LogP contribution in [0.2, 0.25) is 0 Å². The van der Waals surface area contributed by atoms with Crippen LogP contribution in [0.5, 0.6) is 5.75 Å². The predicted octanol–water partition coefficient (Wildman–Crippen LogP) is 4.89. The van der Waals surface area contributed by atoms with Crippen molar-refractivity contribution >= 4 is 31.9 Å². The van der Waals surface area contributed by atoms with Crippen molar-refractivity contribution < 1.29 is 4.74 Å². The van der Waals surface area contributed by atoms with Crippen molar-refractivity contribution in [3.8, 4) is 5.75 Å². The minimum atomic E-state index is 0.780. The third-order valence-corrected chi connectivity index (χ3v) is 3.86. The van der Waals surface area contributed by atoms with Gasteiger partial charge in [-0.3, -0.25) is 0 Å². The molecule has 0 fully saturated rings. The Balaban J connectivity index is 2.54. The summed E-state index contributed by atoms with van der Waals surface area (Å²) in [5.41, 5.74) is 1.23. The lowest BCUT2D eigenvalue weighted by molar-refractivity contribution is 0.301. The summed E-state index contributed by atoms with van der Waals surface area (Å²) < 4.78 is 7.86. The van der Waals surface area contributed by atoms with Gasteiger partial charge >= 0.3 is 0 Å². The van der Waals surface area contributed by atoms with E-state index in [0.29, 0.717) is 0 Å². The lowest BCUT2D eigenvalue weighted by atomic mass is 10.2. The van der Waals surface area contributed by atoms with Gasteiger partial charge in [0.05, 0.1) is 15.6 Å². The summed E-state index contributed by atoms with van der Waals surface area (Å²) in [6.07, 6.45) is 4.90. The van der Waals surface area contributed by atoms with Crippen LogP contribution in [0.1, 0.15) is 38.2 Å². The minimum absolute atomic E-state index is 0.780. The van der Waals surface area contributed by atoms with Crippen molar-refractivity contribution in [2.45, 2.75) is 39.2 Å². The third-order valence-electron chi connectivity index (χ3n) is 2.68. The van der Waals surface area contributed by atoms with Gasteiger partial charge in [-0.2, -0.15) is 0 Å². The molecule has 0 saturated carbocycles. The van der Waals surface area contributed by atoms with E-state index >= 15 is 0 Å². The van der Waals surface area contributed by atoms with Crippen molar-refractivity contribution in [2.24, 2.45) is 0 Å². The van der Waals surface area contributed by atoms with Gasteiger partial charge in [0.2, 0.25) is 0 Å². The zero-order valence-electron chi connectivity index (χ0n) is 11.1. The van der Waals surface area contributed by atoms with E-state index < -0.39 is 0 Å². The number of unbranched alkanes of at least 4 members (excludes halogenated alkanes) is 3. The second kappa shape index (κ2) is 8.94. The predicted molar refractivity (Wildman–Crippen MR) is 84.2 cm³/mol. The molecule has 0 spiro atoms. The molecule has 18 heavy (non-hydrogen) atoms. The molecule has 1 N–H and O–H groups in total. The summed E-state index contributed by atoms with van der Waals surface area (Å²) in [7, 11) is 1.94. The number of benzene rings is 1. The topological polar surface area (TPSA) is 21.3 Å². The number of rotatable bonds is 8. The van der Waals surface area contributed by atoms with Crippen LogP contribution in [0.25, 0.3) is 0 Å². The molecule has 0 radical (unpaired) electrons. The van der Waals surface area contributed by atoms with Gasteiger partial charge < -0.3 is 10.1 Å². The average molecular weight is 379 g/mol. The van der Waals surface area contributed by atoms with Gasteiger partial charge in [-0.05, 0) is 63.0 Å². The Morgan fingerprint density at radius 2 is 1.78 bits per heavy atom. The fraction of sp³-hybridized carbons (Fsp3) is 0.571. The van der Waals surface area contributed by atoms with E-state index in [9.17, 15) is 0 Å². The highest BCUT2D eigenvalue weighted by Crippen LogP contribution is 2.34. The third kappa shape index (κ3) is 5.29. The molecular weight excluding hydrogens is 358 g/mol. The highest BCUT2D eigenvalue weighted by atomic mass is 79.9. The summed E-state index contributed by atoms with van der Waals surface area (Å²) in [6, 6.07) is 4.20. The molecule has 102 valence electrons. The quantitative estimate of drug-likeness (QED) is 0.650. The molecule has 0 heterocycles. The summed E-state index contributed by atoms with van der Waals surface area (Å²) in [5, 5.41) is 3.14. The Morgan fingerprint density at radius 3 is 2.33 bits per heavy atom. The monoisotopic (exact) mass is 377 g/mol. The molecular formula is C14H21Br2NO. The first-order valence-electron chi connectivity index (χ1n) is 6.44. The molecule has 0 aliphatic heterocycles. The molecule has 0 unspecified atom stereocenters. The molecule has 0 amide bonds. The van der Waals surface area contributed by atoms with E-state index in [0.717, 1.165) is 34.3 Å². The van der Waals surface area contributed by atoms with Crippen LogP contribution in [-0.2, 0) is 6.54 Å². The van der Waals surface area contributed by atoms with Gasteiger partial charge in [-0.15, -0.1) is 0 Å². The van der Waals surface area contributed by atoms with E-state index in [1.54, 1.807) is 0 Å². The maximum absolute atomic E-state index is 5.83. The molecule has 4 heteroatoms. The summed E-state index contributed by atoms with van der Waals surface area (Å²) >= 11 is 7.14. The molecule has 1 rings (SSSR count). The van der Waals surface area contributed by atoms with E-state index in [-0.39, 0.29) is 0 Å². The van der Waals surface area contributed by atoms with Crippen molar-refractivity contribution in [1.82, 2.24) is 5.32 Å². The lowest BCUT2D eigenvalue weighted by Crippen LogP contribution is -2.06. The van der Waals surface area contributed by atoms with E-state index in [1.165, 1.54) is 24.8 Å². The van der Waals surface area contributed by atoms with Crippen LogP contribution in [0.15, 0.2) is 21.1 Å². The van der Waals surface area contributed by atoms with Gasteiger partial charge in [0, 0.05) is 6.54 Å². The number of ether oxygens (including phenoxy) is 1. The van der Waals surface area contributed by atoms with Crippen LogP contribution in [0, 0.1) is 0 Å². The van der Waals surface area contributed by atoms with E-state index in [2.05, 4.69) is 56.2 Å². The van der Waals surface area contributed by atoms with Crippen molar-refractivity contribution in [3.63, 3.8) is 0 Å². The molecule has 0 aliphatic carbocycles. The fourth-order valence-corrected chi connectivity index (χ4v) is 3.27. The van der Waals surface area contributed by atoms with E-state index in [1.807, 2.05) is 7.05 Å². The van der Waals surface area contributed by atoms with Gasteiger partial charge in [-0.25, -0.2) is 0 Å². The van der Waals surface area contributed by atoms with Gasteiger partial charge in [0.25, 0.3) is 0 Å². The zero-order valence-corrected chi connectivity index (χ0v) is 14.2. The largest absolute Gasteiger partial charge is 0.491 e. The van der Waals surface area contributed by atoms with Crippen LogP contribution >= 0.6 is 31.9 Å². The van der Waals surface area contributed by atoms with E-state index in [4.69, 9.17) is 4.74 Å². The number of halogens is 2. The standard InChI is InChI=1S/C14H21Br2NO/c1-3-4-5-6-7-18-14-12(15)8-11(10-17-2)9-13(14)16/h8-9,17H,3-7,10H2,1-2H3. The maximum atomic E-state index is 5.83. The first kappa shape index (κ1) is 16.0. The normalized spacial score (nSPS) is 10.7. The molecule has 0 atom stereocenters. The van der Waals surface area contributed by atoms with Crippen LogP contribution < -0.4 is 10.1 Å². The van der Waals surface area contributed by atoms with Crippen molar-refractivity contribution in [1.29, 1.82) is 0 Å². The SMILES string of the molecule is CCCCCCOc1c(Br)cc(CNC)cc1Br. The Labute approximate surface area is 127 Å². The summed E-state index contributed by atoms with van der Waals surface area (Å²) in [6.45, 7) is 3.85. The smallest absolute Gasteiger partial charge is 0.147 e. The average Bonchev–Trinajstić information content (AvgIpc) is 2.32. The van der Waals surface area contributed by atoms with Crippen LogP contribution in [0.4, 0.5) is 0 Å². The van der Waals surface area contributed by atoms with Crippen LogP contribution in [-0.4, -0.2) is 13.7 Å². The summed E-state index contributed by atoms with van der Waals surface area (Å²) in [4.78, 5) is 0. The Bertz CT molecular complexity index is 346. The molecule has 1 aromatic carbocycles. The van der Waals surface area contributed by atoms with Gasteiger partial charge in [0.15, 0.2) is 0 Å². The second-order valence-electron chi connectivity index (χ2n) is 4.33. The van der Waals surface area contributed by atoms with Crippen LogP contribution in [0.3, 0.4) is 0 Å². The summed E-state index contributed by atoms with van der Waals surface area (Å²) in [5.74, 6) is 0.909. The molecule has 2 nitrogen and oxygen atoms in total. The molecule has 0 saturated heterocycles. The van der Waals surface area contributed by atoms with Crippen molar-refractivity contribution in [2.75, 3.05) is 13.7 Å². The zero-order chi connectivity index (χ0) is 13.4. The number of nitrogens with one attached hydrogen (secondary N) is 1. The first-order chi connectivity index (χ1) is 8.69. The highest BCUT2D eigenvalue weighted by Gasteiger charge is 2.08. The highest BCUT2D eigenvalue weighted by molar-refractivity contribution is 9.11. The lowest BCUT2D eigenvalue weighted by Gasteiger charge is -2.12. The first-order valence-corrected chi connectivity index (χ1v) is 8.03. The number of hydrogen-bond donors (Lipinski definition) is 1. The second-order valence-corrected chi connectivity index (χ2v) is 6.04. The van der Waals surface area contributed by atoms with Gasteiger partial charge in [0.1, 0.15) is 5.75 Å². The molecule has 1 aromatic rings. The van der Waals surface area contributed by atoms with Gasteiger partial charge in [-0.1, -0.05) is 26.2 Å². The Hall–Kier alpha value is -0.0600. The van der Waals surface area contributed by atoms with Crippen molar-refractivity contribution in [3.05, 3.63) is 26.6 Å². The molecule has 0 aromatic heterocycles. The molecule has 0 aliphatic rings. The Morgan fingerprint density at radius 1 is 1.11 bits per heavy atom. The molecule has 0 bridgehead atoms. The maximum Gasteiger partial charge on any atom is 0.147 e. The number of hydrogen-bond acceptors (Lipinski definition) is 2. The minimum Gasteiger partial charge on any atom is -0.491 e. The Kier molecular flexibility index (Phi) is 7.95. The fourth-order valence-electron chi connectivity index (χ4n) is 1.76.